The summed E-state index contributed by atoms with van der Waals surface area (Å²) in [6.45, 7) is 4.03. The van der Waals surface area contributed by atoms with Gasteiger partial charge in [-0.3, -0.25) is 4.79 Å². The number of aromatic nitrogens is 2. The summed E-state index contributed by atoms with van der Waals surface area (Å²) >= 11 is 3.14. The molecule has 1 aromatic carbocycles. The van der Waals surface area contributed by atoms with Gasteiger partial charge < -0.3 is 5.32 Å². The lowest BCUT2D eigenvalue weighted by Gasteiger charge is -2.02. The summed E-state index contributed by atoms with van der Waals surface area (Å²) in [5.41, 5.74) is 0. The SMILES string of the molecule is CC(C)CC(=O)Nc1nnc(CSc2ccccc2)s1. The van der Waals surface area contributed by atoms with Crippen LogP contribution in [-0.2, 0) is 10.5 Å². The first kappa shape index (κ1) is 15.0. The summed E-state index contributed by atoms with van der Waals surface area (Å²) in [4.78, 5) is 12.8. The van der Waals surface area contributed by atoms with E-state index >= 15 is 0 Å². The van der Waals surface area contributed by atoms with Crippen molar-refractivity contribution in [2.75, 3.05) is 5.32 Å². The first-order valence-electron chi connectivity index (χ1n) is 6.43. The van der Waals surface area contributed by atoms with Crippen LogP contribution in [0.3, 0.4) is 0 Å². The van der Waals surface area contributed by atoms with Crippen molar-refractivity contribution in [1.82, 2.24) is 10.2 Å². The average Bonchev–Trinajstić information content (AvgIpc) is 2.84. The fraction of sp³-hybridized carbons (Fsp3) is 0.357. The van der Waals surface area contributed by atoms with Gasteiger partial charge in [0, 0.05) is 11.3 Å². The smallest absolute Gasteiger partial charge is 0.226 e. The number of rotatable bonds is 6. The van der Waals surface area contributed by atoms with Gasteiger partial charge in [0.1, 0.15) is 5.01 Å². The minimum atomic E-state index is -0.00147. The lowest BCUT2D eigenvalue weighted by atomic mass is 10.1. The Balaban J connectivity index is 1.84. The molecule has 2 aromatic rings. The number of hydrogen-bond acceptors (Lipinski definition) is 5. The van der Waals surface area contributed by atoms with Gasteiger partial charge >= 0.3 is 0 Å². The zero-order chi connectivity index (χ0) is 14.4. The minimum absolute atomic E-state index is 0.00147. The number of amides is 1. The van der Waals surface area contributed by atoms with Gasteiger partial charge in [-0.1, -0.05) is 43.4 Å². The van der Waals surface area contributed by atoms with Crippen LogP contribution in [0, 0.1) is 5.92 Å². The van der Waals surface area contributed by atoms with Crippen LogP contribution >= 0.6 is 23.1 Å². The van der Waals surface area contributed by atoms with E-state index in [2.05, 4.69) is 27.6 Å². The van der Waals surface area contributed by atoms with Gasteiger partial charge in [-0.25, -0.2) is 0 Å². The average molecular weight is 307 g/mol. The molecule has 0 saturated heterocycles. The standard InChI is InChI=1S/C14H17N3OS2/c1-10(2)8-12(18)15-14-17-16-13(20-14)9-19-11-6-4-3-5-7-11/h3-7,10H,8-9H2,1-2H3,(H,15,17,18). The van der Waals surface area contributed by atoms with Gasteiger partial charge in [-0.2, -0.15) is 0 Å². The van der Waals surface area contributed by atoms with Crippen molar-refractivity contribution in [3.8, 4) is 0 Å². The molecule has 6 heteroatoms. The third-order valence-electron chi connectivity index (χ3n) is 2.41. The molecule has 0 aliphatic carbocycles. The second-order valence-corrected chi connectivity index (χ2v) is 6.86. The van der Waals surface area contributed by atoms with E-state index in [9.17, 15) is 4.79 Å². The third-order valence-corrected chi connectivity index (χ3v) is 4.46. The van der Waals surface area contributed by atoms with E-state index in [0.717, 1.165) is 10.8 Å². The number of nitrogens with zero attached hydrogens (tertiary/aromatic N) is 2. The van der Waals surface area contributed by atoms with Crippen LogP contribution in [0.2, 0.25) is 0 Å². The van der Waals surface area contributed by atoms with Crippen LogP contribution in [0.4, 0.5) is 5.13 Å². The molecule has 0 aliphatic heterocycles. The highest BCUT2D eigenvalue weighted by molar-refractivity contribution is 7.98. The molecule has 0 atom stereocenters. The van der Waals surface area contributed by atoms with Crippen molar-refractivity contribution < 1.29 is 4.79 Å². The Morgan fingerprint density at radius 3 is 2.75 bits per heavy atom. The number of hydrogen-bond donors (Lipinski definition) is 1. The predicted molar refractivity (Wildman–Crippen MR) is 84.0 cm³/mol. The summed E-state index contributed by atoms with van der Waals surface area (Å²) in [6.07, 6.45) is 0.508. The topological polar surface area (TPSA) is 54.9 Å². The summed E-state index contributed by atoms with van der Waals surface area (Å²) < 4.78 is 0. The molecule has 0 fully saturated rings. The quantitative estimate of drug-likeness (QED) is 0.824. The molecule has 4 nitrogen and oxygen atoms in total. The molecule has 0 aliphatic rings. The molecule has 0 bridgehead atoms. The van der Waals surface area contributed by atoms with Gasteiger partial charge in [0.05, 0.1) is 5.75 Å². The Hall–Kier alpha value is -1.40. The molecule has 0 radical (unpaired) electrons. The molecule has 106 valence electrons. The maximum absolute atomic E-state index is 11.6. The highest BCUT2D eigenvalue weighted by Gasteiger charge is 2.09. The molecule has 20 heavy (non-hydrogen) atoms. The van der Waals surface area contributed by atoms with Crippen LogP contribution in [0.1, 0.15) is 25.3 Å². The van der Waals surface area contributed by atoms with E-state index in [1.54, 1.807) is 11.8 Å². The Morgan fingerprint density at radius 2 is 2.05 bits per heavy atom. The summed E-state index contributed by atoms with van der Waals surface area (Å²) in [5.74, 6) is 1.11. The molecule has 0 spiro atoms. The van der Waals surface area contributed by atoms with E-state index in [4.69, 9.17) is 0 Å². The molecule has 1 aromatic heterocycles. The lowest BCUT2D eigenvalue weighted by Crippen LogP contribution is -2.13. The Labute approximate surface area is 127 Å². The fourth-order valence-corrected chi connectivity index (χ4v) is 3.23. The fourth-order valence-electron chi connectivity index (χ4n) is 1.57. The van der Waals surface area contributed by atoms with E-state index in [1.807, 2.05) is 32.0 Å². The zero-order valence-corrected chi connectivity index (χ0v) is 13.1. The first-order chi connectivity index (χ1) is 9.63. The van der Waals surface area contributed by atoms with E-state index in [1.165, 1.54) is 16.2 Å². The largest absolute Gasteiger partial charge is 0.301 e. The van der Waals surface area contributed by atoms with Gasteiger partial charge in [0.2, 0.25) is 11.0 Å². The Bertz CT molecular complexity index is 555. The normalized spacial score (nSPS) is 10.8. The van der Waals surface area contributed by atoms with Crippen molar-refractivity contribution in [1.29, 1.82) is 0 Å². The number of carbonyl (C=O) groups excluding carboxylic acids is 1. The van der Waals surface area contributed by atoms with Crippen molar-refractivity contribution >= 4 is 34.1 Å². The van der Waals surface area contributed by atoms with Crippen molar-refractivity contribution in [3.05, 3.63) is 35.3 Å². The van der Waals surface area contributed by atoms with Gasteiger partial charge in [-0.05, 0) is 18.1 Å². The van der Waals surface area contributed by atoms with Gasteiger partial charge in [0.15, 0.2) is 0 Å². The van der Waals surface area contributed by atoms with E-state index in [-0.39, 0.29) is 5.91 Å². The molecule has 1 amide bonds. The molecule has 1 heterocycles. The summed E-state index contributed by atoms with van der Waals surface area (Å²) in [6, 6.07) is 10.2. The number of carbonyl (C=O) groups is 1. The molecule has 0 unspecified atom stereocenters. The predicted octanol–water partition coefficient (Wildman–Crippen LogP) is 3.82. The summed E-state index contributed by atoms with van der Waals surface area (Å²) in [7, 11) is 0. The second-order valence-electron chi connectivity index (χ2n) is 4.75. The zero-order valence-electron chi connectivity index (χ0n) is 11.5. The lowest BCUT2D eigenvalue weighted by molar-refractivity contribution is -0.116. The minimum Gasteiger partial charge on any atom is -0.301 e. The maximum Gasteiger partial charge on any atom is 0.226 e. The summed E-state index contributed by atoms with van der Waals surface area (Å²) in [5, 5.41) is 12.4. The number of nitrogens with one attached hydrogen (secondary N) is 1. The Kier molecular flexibility index (Phi) is 5.55. The highest BCUT2D eigenvalue weighted by atomic mass is 32.2. The van der Waals surface area contributed by atoms with Crippen molar-refractivity contribution in [2.24, 2.45) is 5.92 Å². The second kappa shape index (κ2) is 7.40. The molecule has 1 N–H and O–H groups in total. The number of benzene rings is 1. The van der Waals surface area contributed by atoms with E-state index < -0.39 is 0 Å². The van der Waals surface area contributed by atoms with Gasteiger partial charge in [-0.15, -0.1) is 22.0 Å². The van der Waals surface area contributed by atoms with Crippen molar-refractivity contribution in [2.45, 2.75) is 30.9 Å². The molecular formula is C14H17N3OS2. The van der Waals surface area contributed by atoms with Crippen LogP contribution in [-0.4, -0.2) is 16.1 Å². The van der Waals surface area contributed by atoms with Crippen LogP contribution in [0.15, 0.2) is 35.2 Å². The maximum atomic E-state index is 11.6. The van der Waals surface area contributed by atoms with Crippen LogP contribution in [0.25, 0.3) is 0 Å². The number of anilines is 1. The van der Waals surface area contributed by atoms with Crippen LogP contribution < -0.4 is 5.32 Å². The van der Waals surface area contributed by atoms with Crippen molar-refractivity contribution in [3.63, 3.8) is 0 Å². The first-order valence-corrected chi connectivity index (χ1v) is 8.24. The monoisotopic (exact) mass is 307 g/mol. The van der Waals surface area contributed by atoms with Gasteiger partial charge in [0.25, 0.3) is 0 Å². The molecule has 2 rings (SSSR count). The van der Waals surface area contributed by atoms with Crippen LogP contribution in [0.5, 0.6) is 0 Å². The molecule has 0 saturated carbocycles. The molecular weight excluding hydrogens is 290 g/mol. The highest BCUT2D eigenvalue weighted by Crippen LogP contribution is 2.25. The third kappa shape index (κ3) is 4.94. The van der Waals surface area contributed by atoms with E-state index in [0.29, 0.717) is 17.5 Å². The number of thioether (sulfide) groups is 1. The Morgan fingerprint density at radius 1 is 1.30 bits per heavy atom.